The molecule has 2 heterocycles. The van der Waals surface area contributed by atoms with E-state index in [-0.39, 0.29) is 0 Å². The zero-order valence-corrected chi connectivity index (χ0v) is 13.2. The summed E-state index contributed by atoms with van der Waals surface area (Å²) in [6, 6.07) is 0.407. The predicted molar refractivity (Wildman–Crippen MR) is 80.0 cm³/mol. The number of aromatic nitrogens is 3. The van der Waals surface area contributed by atoms with Gasteiger partial charge in [-0.1, -0.05) is 19.0 Å². The van der Waals surface area contributed by atoms with Crippen LogP contribution < -0.4 is 5.32 Å². The molecule has 20 heavy (non-hydrogen) atoms. The fourth-order valence-electron chi connectivity index (χ4n) is 2.02. The average Bonchev–Trinajstić information content (AvgIpc) is 3.04. The van der Waals surface area contributed by atoms with Gasteiger partial charge in [-0.15, -0.1) is 11.3 Å². The number of nitrogens with zero attached hydrogens (tertiary/aromatic N) is 3. The van der Waals surface area contributed by atoms with Crippen LogP contribution in [0.1, 0.15) is 49.1 Å². The van der Waals surface area contributed by atoms with Crippen molar-refractivity contribution in [3.05, 3.63) is 27.8 Å². The van der Waals surface area contributed by atoms with Crippen LogP contribution in [0.3, 0.4) is 0 Å². The molecule has 2 rings (SSSR count). The maximum Gasteiger partial charge on any atom is 0.228 e. The van der Waals surface area contributed by atoms with E-state index in [9.17, 15) is 0 Å². The molecule has 0 spiro atoms. The van der Waals surface area contributed by atoms with E-state index in [0.29, 0.717) is 18.4 Å². The zero-order valence-electron chi connectivity index (χ0n) is 12.3. The van der Waals surface area contributed by atoms with Gasteiger partial charge in [0.15, 0.2) is 5.82 Å². The fourth-order valence-corrected chi connectivity index (χ4v) is 2.63. The van der Waals surface area contributed by atoms with Crippen LogP contribution in [0.5, 0.6) is 0 Å². The van der Waals surface area contributed by atoms with Crippen LogP contribution in [0.4, 0.5) is 0 Å². The molecular formula is C14H22N4OS. The quantitative estimate of drug-likeness (QED) is 0.811. The summed E-state index contributed by atoms with van der Waals surface area (Å²) in [5, 5.41) is 10.6. The predicted octanol–water partition coefficient (Wildman–Crippen LogP) is 2.75. The molecule has 6 heteroatoms. The van der Waals surface area contributed by atoms with E-state index in [1.807, 2.05) is 12.3 Å². The van der Waals surface area contributed by atoms with E-state index in [1.54, 1.807) is 11.3 Å². The van der Waals surface area contributed by atoms with Crippen LogP contribution >= 0.6 is 11.3 Å². The zero-order chi connectivity index (χ0) is 14.4. The van der Waals surface area contributed by atoms with E-state index in [1.165, 1.54) is 0 Å². The Kier molecular flexibility index (Phi) is 5.67. The molecule has 0 bridgehead atoms. The summed E-state index contributed by atoms with van der Waals surface area (Å²) >= 11 is 1.65. The van der Waals surface area contributed by atoms with Crippen LogP contribution in [0.25, 0.3) is 0 Å². The van der Waals surface area contributed by atoms with E-state index in [4.69, 9.17) is 4.52 Å². The molecule has 5 nitrogen and oxygen atoms in total. The van der Waals surface area contributed by atoms with Gasteiger partial charge in [-0.05, 0) is 26.3 Å². The first-order valence-electron chi connectivity index (χ1n) is 7.17. The average molecular weight is 294 g/mol. The number of thiazole rings is 1. The third-order valence-electron chi connectivity index (χ3n) is 3.11. The van der Waals surface area contributed by atoms with Crippen molar-refractivity contribution in [2.24, 2.45) is 0 Å². The fraction of sp³-hybridized carbons (Fsp3) is 0.643. The van der Waals surface area contributed by atoms with Crippen LogP contribution in [-0.4, -0.2) is 27.7 Å². The van der Waals surface area contributed by atoms with Crippen molar-refractivity contribution >= 4 is 11.3 Å². The monoisotopic (exact) mass is 294 g/mol. The lowest BCUT2D eigenvalue weighted by Crippen LogP contribution is -2.31. The lowest BCUT2D eigenvalue weighted by molar-refractivity contribution is 0.350. The minimum absolute atomic E-state index is 0.407. The van der Waals surface area contributed by atoms with Crippen LogP contribution in [-0.2, 0) is 12.8 Å². The molecule has 110 valence electrons. The SMILES string of the molecule is CCCNC(CC)Cc1nc(Cc2csc(C)n2)no1. The minimum Gasteiger partial charge on any atom is -0.339 e. The number of rotatable bonds is 8. The topological polar surface area (TPSA) is 63.8 Å². The Hall–Kier alpha value is -1.27. The Morgan fingerprint density at radius 2 is 2.20 bits per heavy atom. The minimum atomic E-state index is 0.407. The Bertz CT molecular complexity index is 523. The number of hydrogen-bond acceptors (Lipinski definition) is 6. The molecule has 1 atom stereocenters. The highest BCUT2D eigenvalue weighted by Gasteiger charge is 2.13. The maximum atomic E-state index is 5.33. The summed E-state index contributed by atoms with van der Waals surface area (Å²) in [5.41, 5.74) is 1.01. The molecule has 0 radical (unpaired) electrons. The summed E-state index contributed by atoms with van der Waals surface area (Å²) in [6.45, 7) is 7.36. The van der Waals surface area contributed by atoms with Gasteiger partial charge in [-0.2, -0.15) is 4.98 Å². The van der Waals surface area contributed by atoms with E-state index >= 15 is 0 Å². The summed E-state index contributed by atoms with van der Waals surface area (Å²) in [6.07, 6.45) is 3.63. The van der Waals surface area contributed by atoms with Crippen molar-refractivity contribution in [1.29, 1.82) is 0 Å². The van der Waals surface area contributed by atoms with Gasteiger partial charge in [0.05, 0.1) is 17.1 Å². The lowest BCUT2D eigenvalue weighted by Gasteiger charge is -2.13. The van der Waals surface area contributed by atoms with Gasteiger partial charge in [0.1, 0.15) is 0 Å². The smallest absolute Gasteiger partial charge is 0.228 e. The number of aryl methyl sites for hydroxylation is 1. The van der Waals surface area contributed by atoms with Gasteiger partial charge in [0.25, 0.3) is 0 Å². The first-order valence-corrected chi connectivity index (χ1v) is 8.05. The highest BCUT2D eigenvalue weighted by atomic mass is 32.1. The molecule has 0 aliphatic carbocycles. The third-order valence-corrected chi connectivity index (χ3v) is 3.94. The normalized spacial score (nSPS) is 12.8. The van der Waals surface area contributed by atoms with Crippen molar-refractivity contribution in [3.8, 4) is 0 Å². The first kappa shape index (κ1) is 15.1. The lowest BCUT2D eigenvalue weighted by atomic mass is 10.1. The van der Waals surface area contributed by atoms with Crippen LogP contribution in [0.2, 0.25) is 0 Å². The molecule has 1 unspecified atom stereocenters. The summed E-state index contributed by atoms with van der Waals surface area (Å²) in [7, 11) is 0. The highest BCUT2D eigenvalue weighted by Crippen LogP contribution is 2.12. The van der Waals surface area contributed by atoms with Crippen molar-refractivity contribution in [1.82, 2.24) is 20.4 Å². The molecule has 2 aromatic heterocycles. The second-order valence-electron chi connectivity index (χ2n) is 4.90. The summed E-state index contributed by atoms with van der Waals surface area (Å²) < 4.78 is 5.33. The molecule has 1 N–H and O–H groups in total. The second-order valence-corrected chi connectivity index (χ2v) is 5.96. The third kappa shape index (κ3) is 4.38. The largest absolute Gasteiger partial charge is 0.339 e. The van der Waals surface area contributed by atoms with Crippen molar-refractivity contribution in [2.75, 3.05) is 6.54 Å². The number of hydrogen-bond donors (Lipinski definition) is 1. The molecule has 0 aromatic carbocycles. The van der Waals surface area contributed by atoms with Gasteiger partial charge >= 0.3 is 0 Å². The molecular weight excluding hydrogens is 272 g/mol. The Morgan fingerprint density at radius 3 is 2.85 bits per heavy atom. The highest BCUT2D eigenvalue weighted by molar-refractivity contribution is 7.09. The number of nitrogens with one attached hydrogen (secondary N) is 1. The van der Waals surface area contributed by atoms with E-state index < -0.39 is 0 Å². The molecule has 0 saturated heterocycles. The molecule has 0 fully saturated rings. The molecule has 0 aliphatic rings. The summed E-state index contributed by atoms with van der Waals surface area (Å²) in [4.78, 5) is 8.87. The van der Waals surface area contributed by atoms with Gasteiger partial charge in [-0.25, -0.2) is 4.98 Å². The Balaban J connectivity index is 1.91. The molecule has 2 aromatic rings. The van der Waals surface area contributed by atoms with Gasteiger partial charge < -0.3 is 9.84 Å². The van der Waals surface area contributed by atoms with Crippen LogP contribution in [0, 0.1) is 6.92 Å². The van der Waals surface area contributed by atoms with Crippen molar-refractivity contribution in [3.63, 3.8) is 0 Å². The second kappa shape index (κ2) is 7.50. The Morgan fingerprint density at radius 1 is 1.35 bits per heavy atom. The molecule has 0 saturated carbocycles. The van der Waals surface area contributed by atoms with E-state index in [0.717, 1.165) is 42.3 Å². The molecule has 0 amide bonds. The molecule has 0 aliphatic heterocycles. The van der Waals surface area contributed by atoms with Crippen molar-refractivity contribution < 1.29 is 4.52 Å². The first-order chi connectivity index (χ1) is 9.71. The van der Waals surface area contributed by atoms with E-state index in [2.05, 4.69) is 34.3 Å². The van der Waals surface area contributed by atoms with Gasteiger partial charge in [0.2, 0.25) is 5.89 Å². The Labute approximate surface area is 123 Å². The van der Waals surface area contributed by atoms with Crippen molar-refractivity contribution in [2.45, 2.75) is 52.5 Å². The van der Waals surface area contributed by atoms with Gasteiger partial charge in [0, 0.05) is 17.8 Å². The van der Waals surface area contributed by atoms with Gasteiger partial charge in [-0.3, -0.25) is 0 Å². The standard InChI is InChI=1S/C14H22N4OS/c1-4-6-15-11(5-2)8-14-17-13(18-19-14)7-12-9-20-10(3)16-12/h9,11,15H,4-8H2,1-3H3. The van der Waals surface area contributed by atoms with Crippen LogP contribution in [0.15, 0.2) is 9.90 Å². The maximum absolute atomic E-state index is 5.33. The summed E-state index contributed by atoms with van der Waals surface area (Å²) in [5.74, 6) is 1.43.